The lowest BCUT2D eigenvalue weighted by molar-refractivity contribution is -0.120. The summed E-state index contributed by atoms with van der Waals surface area (Å²) in [7, 11) is 0. The number of aromatic nitrogens is 1. The van der Waals surface area contributed by atoms with Crippen LogP contribution in [0.1, 0.15) is 39.0 Å². The van der Waals surface area contributed by atoms with Crippen molar-refractivity contribution in [2.45, 2.75) is 49.2 Å². The zero-order chi connectivity index (χ0) is 20.9. The highest BCUT2D eigenvalue weighted by Gasteiger charge is 2.21. The number of rotatable bonds is 6. The van der Waals surface area contributed by atoms with Crippen LogP contribution in [-0.4, -0.2) is 22.0 Å². The number of thiazole rings is 1. The zero-order valence-electron chi connectivity index (χ0n) is 16.9. The molecule has 156 valence electrons. The molecular formula is C23H25N3O2S2. The Morgan fingerprint density at radius 2 is 1.77 bits per heavy atom. The third-order valence-electron chi connectivity index (χ3n) is 5.30. The van der Waals surface area contributed by atoms with Crippen molar-refractivity contribution in [1.29, 1.82) is 0 Å². The fourth-order valence-electron chi connectivity index (χ4n) is 3.62. The third kappa shape index (κ3) is 5.21. The van der Waals surface area contributed by atoms with Gasteiger partial charge in [-0.05, 0) is 56.2 Å². The van der Waals surface area contributed by atoms with E-state index in [9.17, 15) is 9.59 Å². The Bertz CT molecular complexity index is 993. The molecule has 4 rings (SSSR count). The van der Waals surface area contributed by atoms with Crippen LogP contribution in [0.15, 0.2) is 53.4 Å². The number of thioether (sulfide) groups is 1. The number of amides is 2. The summed E-state index contributed by atoms with van der Waals surface area (Å²) in [5.74, 6) is 0.187. The Kier molecular flexibility index (Phi) is 6.69. The summed E-state index contributed by atoms with van der Waals surface area (Å²) in [6, 6.07) is 15.5. The van der Waals surface area contributed by atoms with E-state index in [4.69, 9.17) is 0 Å². The van der Waals surface area contributed by atoms with E-state index in [2.05, 4.69) is 15.6 Å². The van der Waals surface area contributed by atoms with Crippen LogP contribution in [0.4, 0.5) is 10.8 Å². The Morgan fingerprint density at radius 1 is 1.03 bits per heavy atom. The van der Waals surface area contributed by atoms with Crippen LogP contribution in [-0.2, 0) is 9.59 Å². The first-order valence-corrected chi connectivity index (χ1v) is 12.0. The molecule has 30 heavy (non-hydrogen) atoms. The van der Waals surface area contributed by atoms with Crippen molar-refractivity contribution in [2.75, 3.05) is 10.6 Å². The maximum Gasteiger partial charge on any atom is 0.239 e. The molecule has 0 radical (unpaired) electrons. The average Bonchev–Trinajstić information content (AvgIpc) is 3.18. The van der Waals surface area contributed by atoms with Crippen molar-refractivity contribution in [1.82, 2.24) is 4.98 Å². The Balaban J connectivity index is 1.30. The molecule has 1 aliphatic rings. The summed E-state index contributed by atoms with van der Waals surface area (Å²) < 4.78 is 1.05. The molecule has 2 N–H and O–H groups in total. The molecule has 1 heterocycles. The predicted octanol–water partition coefficient (Wildman–Crippen LogP) is 5.93. The van der Waals surface area contributed by atoms with E-state index in [0.717, 1.165) is 46.5 Å². The second-order valence-electron chi connectivity index (χ2n) is 7.58. The van der Waals surface area contributed by atoms with Gasteiger partial charge in [-0.15, -0.1) is 11.8 Å². The van der Waals surface area contributed by atoms with Gasteiger partial charge in [0.25, 0.3) is 0 Å². The van der Waals surface area contributed by atoms with Gasteiger partial charge in [0.15, 0.2) is 5.13 Å². The molecule has 1 aliphatic carbocycles. The summed E-state index contributed by atoms with van der Waals surface area (Å²) in [4.78, 5) is 30.4. The van der Waals surface area contributed by atoms with Gasteiger partial charge in [0.05, 0.1) is 15.5 Å². The number of anilines is 2. The van der Waals surface area contributed by atoms with Gasteiger partial charge >= 0.3 is 0 Å². The highest BCUT2D eigenvalue weighted by Crippen LogP contribution is 2.29. The molecular weight excluding hydrogens is 414 g/mol. The Labute approximate surface area is 184 Å². The van der Waals surface area contributed by atoms with E-state index in [1.165, 1.54) is 29.5 Å². The number of nitrogens with zero attached hydrogens (tertiary/aromatic N) is 1. The van der Waals surface area contributed by atoms with E-state index in [1.807, 2.05) is 55.5 Å². The van der Waals surface area contributed by atoms with Gasteiger partial charge in [0, 0.05) is 16.5 Å². The van der Waals surface area contributed by atoms with Crippen LogP contribution < -0.4 is 10.6 Å². The van der Waals surface area contributed by atoms with Gasteiger partial charge in [-0.25, -0.2) is 4.98 Å². The van der Waals surface area contributed by atoms with Gasteiger partial charge in [0.2, 0.25) is 11.8 Å². The van der Waals surface area contributed by atoms with Gasteiger partial charge in [-0.3, -0.25) is 9.59 Å². The topological polar surface area (TPSA) is 71.1 Å². The quantitative estimate of drug-likeness (QED) is 0.467. The molecule has 0 saturated heterocycles. The normalized spacial score (nSPS) is 15.6. The number of para-hydroxylation sites is 1. The smallest absolute Gasteiger partial charge is 0.239 e. The molecule has 5 nitrogen and oxygen atoms in total. The van der Waals surface area contributed by atoms with Crippen LogP contribution in [0.3, 0.4) is 0 Å². The largest absolute Gasteiger partial charge is 0.326 e. The molecule has 1 atom stereocenters. The lowest BCUT2D eigenvalue weighted by Crippen LogP contribution is -2.24. The number of fused-ring (bicyclic) bond motifs is 1. The molecule has 0 bridgehead atoms. The van der Waals surface area contributed by atoms with Gasteiger partial charge < -0.3 is 10.6 Å². The summed E-state index contributed by atoms with van der Waals surface area (Å²) >= 11 is 2.96. The second kappa shape index (κ2) is 9.62. The number of carbonyl (C=O) groups excluding carboxylic acids is 2. The molecule has 0 aliphatic heterocycles. The number of nitrogens with one attached hydrogen (secondary N) is 2. The maximum atomic E-state index is 12.6. The van der Waals surface area contributed by atoms with E-state index in [-0.39, 0.29) is 23.0 Å². The number of benzene rings is 2. The van der Waals surface area contributed by atoms with Crippen LogP contribution in [0.5, 0.6) is 0 Å². The summed E-state index contributed by atoms with van der Waals surface area (Å²) in [6.07, 6.45) is 5.50. The molecule has 7 heteroatoms. The van der Waals surface area contributed by atoms with Crippen molar-refractivity contribution in [3.05, 3.63) is 48.5 Å². The first-order chi connectivity index (χ1) is 14.6. The van der Waals surface area contributed by atoms with Crippen LogP contribution >= 0.6 is 23.1 Å². The van der Waals surface area contributed by atoms with Crippen LogP contribution in [0, 0.1) is 5.92 Å². The lowest BCUT2D eigenvalue weighted by atomic mass is 9.88. The third-order valence-corrected chi connectivity index (χ3v) is 7.37. The second-order valence-corrected chi connectivity index (χ2v) is 10.0. The summed E-state index contributed by atoms with van der Waals surface area (Å²) in [5.41, 5.74) is 1.70. The maximum absolute atomic E-state index is 12.6. The first-order valence-electron chi connectivity index (χ1n) is 10.3. The fraction of sp³-hybridized carbons (Fsp3) is 0.348. The number of hydrogen-bond acceptors (Lipinski definition) is 5. The van der Waals surface area contributed by atoms with Gasteiger partial charge in [0.1, 0.15) is 0 Å². The van der Waals surface area contributed by atoms with Crippen molar-refractivity contribution in [3.63, 3.8) is 0 Å². The molecule has 3 aromatic rings. The SMILES string of the molecule is CC(Sc1ccc(NC(=O)C2CCCCC2)cc1)C(=O)Nc1nc2ccccc2s1. The zero-order valence-corrected chi connectivity index (χ0v) is 18.5. The van der Waals surface area contributed by atoms with Crippen molar-refractivity contribution < 1.29 is 9.59 Å². The van der Waals surface area contributed by atoms with E-state index in [1.54, 1.807) is 0 Å². The molecule has 2 amide bonds. The predicted molar refractivity (Wildman–Crippen MR) is 125 cm³/mol. The molecule has 0 spiro atoms. The molecule has 1 saturated carbocycles. The van der Waals surface area contributed by atoms with E-state index < -0.39 is 0 Å². The minimum absolute atomic E-state index is 0.0752. The standard InChI is InChI=1S/C23H25N3O2S2/c1-15(21(27)26-23-25-19-9-5-6-10-20(19)30-23)29-18-13-11-17(12-14-18)24-22(28)16-7-3-2-4-8-16/h5-6,9-16H,2-4,7-8H2,1H3,(H,24,28)(H,25,26,27). The lowest BCUT2D eigenvalue weighted by Gasteiger charge is -2.20. The van der Waals surface area contributed by atoms with Crippen molar-refractivity contribution in [3.8, 4) is 0 Å². The average molecular weight is 440 g/mol. The van der Waals surface area contributed by atoms with Crippen molar-refractivity contribution in [2.24, 2.45) is 5.92 Å². The highest BCUT2D eigenvalue weighted by molar-refractivity contribution is 8.00. The van der Waals surface area contributed by atoms with Crippen LogP contribution in [0.25, 0.3) is 10.2 Å². The summed E-state index contributed by atoms with van der Waals surface area (Å²) in [6.45, 7) is 1.88. The first kappa shape index (κ1) is 20.9. The Hall–Kier alpha value is -2.38. The minimum atomic E-state index is -0.264. The number of carbonyl (C=O) groups is 2. The Morgan fingerprint density at radius 3 is 2.50 bits per heavy atom. The fourth-order valence-corrected chi connectivity index (χ4v) is 5.35. The number of hydrogen-bond donors (Lipinski definition) is 2. The molecule has 2 aromatic carbocycles. The van der Waals surface area contributed by atoms with Crippen LogP contribution in [0.2, 0.25) is 0 Å². The molecule has 1 fully saturated rings. The molecule has 1 unspecified atom stereocenters. The van der Waals surface area contributed by atoms with Gasteiger partial charge in [-0.1, -0.05) is 42.7 Å². The summed E-state index contributed by atoms with van der Waals surface area (Å²) in [5, 5.41) is 6.30. The van der Waals surface area contributed by atoms with Gasteiger partial charge in [-0.2, -0.15) is 0 Å². The monoisotopic (exact) mass is 439 g/mol. The van der Waals surface area contributed by atoms with E-state index >= 15 is 0 Å². The molecule has 1 aromatic heterocycles. The highest BCUT2D eigenvalue weighted by atomic mass is 32.2. The van der Waals surface area contributed by atoms with Crippen molar-refractivity contribution >= 4 is 55.9 Å². The van der Waals surface area contributed by atoms with E-state index in [0.29, 0.717) is 5.13 Å². The minimum Gasteiger partial charge on any atom is -0.326 e.